The van der Waals surface area contributed by atoms with E-state index in [4.69, 9.17) is 28.0 Å². The molecule has 0 radical (unpaired) electrons. The van der Waals surface area contributed by atoms with Crippen LogP contribution in [0.1, 0.15) is 68.9 Å². The molecule has 0 bridgehead atoms. The second kappa shape index (κ2) is 18.4. The third kappa shape index (κ3) is 9.04. The number of hydrogen-bond acceptors (Lipinski definition) is 8. The van der Waals surface area contributed by atoms with E-state index in [0.29, 0.717) is 11.5 Å². The van der Waals surface area contributed by atoms with Gasteiger partial charge in [0, 0.05) is 24.1 Å². The van der Waals surface area contributed by atoms with E-state index in [9.17, 15) is 14.0 Å². The Balaban J connectivity index is 1.60. The maximum absolute atomic E-state index is 15.3. The van der Waals surface area contributed by atoms with Gasteiger partial charge in [-0.15, -0.1) is 0 Å². The van der Waals surface area contributed by atoms with Gasteiger partial charge in [-0.1, -0.05) is 60.7 Å². The molecule has 1 saturated heterocycles. The van der Waals surface area contributed by atoms with Crippen molar-refractivity contribution < 1.29 is 41.2 Å². The van der Waals surface area contributed by atoms with Crippen molar-refractivity contribution in [3.63, 3.8) is 0 Å². The largest absolute Gasteiger partial charge is 0.497 e. The van der Waals surface area contributed by atoms with E-state index in [1.165, 1.54) is 6.07 Å². The monoisotopic (exact) mass is 750 g/mol. The average molecular weight is 751 g/mol. The molecule has 53 heavy (non-hydrogen) atoms. The van der Waals surface area contributed by atoms with Gasteiger partial charge in [-0.25, -0.2) is 17.8 Å². The van der Waals surface area contributed by atoms with Crippen molar-refractivity contribution in [2.45, 2.75) is 76.5 Å². The lowest BCUT2D eigenvalue weighted by Gasteiger charge is -2.39. The number of ether oxygens (including phenoxy) is 4. The number of rotatable bonds is 17. The van der Waals surface area contributed by atoms with E-state index < -0.39 is 49.9 Å². The van der Waals surface area contributed by atoms with Crippen LogP contribution < -0.4 is 9.47 Å². The average Bonchev–Trinajstić information content (AvgIpc) is 3.56. The Kier molecular flexibility index (Phi) is 13.9. The van der Waals surface area contributed by atoms with E-state index in [0.717, 1.165) is 22.8 Å². The molecule has 4 aromatic carbocycles. The molecular weight excluding hydrogens is 704 g/mol. The van der Waals surface area contributed by atoms with Gasteiger partial charge >= 0.3 is 0 Å². The molecule has 0 spiro atoms. The van der Waals surface area contributed by atoms with Crippen LogP contribution in [0.3, 0.4) is 0 Å². The second-order valence-corrected chi connectivity index (χ2v) is 14.6. The molecule has 0 amide bonds. The number of halogens is 3. The minimum Gasteiger partial charge on any atom is -0.497 e. The lowest BCUT2D eigenvalue weighted by atomic mass is 9.80. The Morgan fingerprint density at radius 3 is 1.91 bits per heavy atom. The molecule has 1 fully saturated rings. The third-order valence-corrected chi connectivity index (χ3v) is 11.3. The van der Waals surface area contributed by atoms with Gasteiger partial charge in [0.1, 0.15) is 23.2 Å². The second-order valence-electron chi connectivity index (χ2n) is 13.2. The molecule has 0 N–H and O–H groups in total. The van der Waals surface area contributed by atoms with Gasteiger partial charge in [-0.2, -0.15) is 5.26 Å². The molecule has 1 aliphatic heterocycles. The molecule has 12 heteroatoms. The third-order valence-electron chi connectivity index (χ3n) is 9.14. The van der Waals surface area contributed by atoms with E-state index in [2.05, 4.69) is 10.7 Å². The van der Waals surface area contributed by atoms with Crippen molar-refractivity contribution in [1.82, 2.24) is 4.67 Å². The highest BCUT2D eigenvalue weighted by atomic mass is 31.2. The summed E-state index contributed by atoms with van der Waals surface area (Å²) in [5.74, 6) is -2.84. The van der Waals surface area contributed by atoms with Gasteiger partial charge in [0.15, 0.2) is 17.5 Å². The lowest BCUT2D eigenvalue weighted by Crippen LogP contribution is -2.39. The normalized spacial score (nSPS) is 18.1. The first-order valence-corrected chi connectivity index (χ1v) is 18.7. The highest BCUT2D eigenvalue weighted by Gasteiger charge is 2.45. The predicted molar refractivity (Wildman–Crippen MR) is 197 cm³/mol. The number of hydrogen-bond donors (Lipinski definition) is 0. The Morgan fingerprint density at radius 1 is 0.811 bits per heavy atom. The van der Waals surface area contributed by atoms with Crippen molar-refractivity contribution in [1.29, 1.82) is 5.26 Å². The minimum absolute atomic E-state index is 0.00975. The zero-order chi connectivity index (χ0) is 38.1. The van der Waals surface area contributed by atoms with Crippen LogP contribution in [0.25, 0.3) is 0 Å². The Bertz CT molecular complexity index is 1750. The van der Waals surface area contributed by atoms with Gasteiger partial charge in [0.2, 0.25) is 0 Å². The summed E-state index contributed by atoms with van der Waals surface area (Å²) in [5.41, 5.74) is 1.08. The molecule has 0 saturated carbocycles. The number of nitriles is 1. The molecule has 1 heterocycles. The summed E-state index contributed by atoms with van der Waals surface area (Å²) in [6.07, 6.45) is -2.28. The molecule has 0 aromatic heterocycles. The van der Waals surface area contributed by atoms with Crippen LogP contribution >= 0.6 is 8.53 Å². The van der Waals surface area contributed by atoms with Crippen LogP contribution in [0.5, 0.6) is 11.5 Å². The highest BCUT2D eigenvalue weighted by molar-refractivity contribution is 7.44. The van der Waals surface area contributed by atoms with Crippen LogP contribution in [-0.4, -0.2) is 56.4 Å². The fourth-order valence-corrected chi connectivity index (χ4v) is 8.41. The summed E-state index contributed by atoms with van der Waals surface area (Å²) in [5, 5.41) is 9.26. The molecule has 5 rings (SSSR count). The molecule has 1 aliphatic rings. The summed E-state index contributed by atoms with van der Waals surface area (Å²) in [4.78, 5) is 0. The quantitative estimate of drug-likeness (QED) is 0.0457. The van der Waals surface area contributed by atoms with Crippen LogP contribution in [-0.2, 0) is 24.1 Å². The maximum atomic E-state index is 15.3. The standard InChI is InChI=1S/C41H46F3N2O6P/c1-27(2)46(28(3)4)53(50-24-10-23-45)52-37-25-36(34-21-22-35(42)40(44)39(34)43)51-38(37)26-49-41(29-11-8-7-9-12-29,30-13-17-32(47-5)18-14-30)31-15-19-33(48-6)20-16-31/h7-9,11-22,27-28,36-38H,10,24-26H2,1-6H3/t36-,37+,38-,53?/m1/s1. The van der Waals surface area contributed by atoms with Crippen molar-refractivity contribution in [2.75, 3.05) is 27.4 Å². The van der Waals surface area contributed by atoms with Gasteiger partial charge in [0.05, 0.1) is 52.1 Å². The molecule has 0 aliphatic carbocycles. The fourth-order valence-electron chi connectivity index (χ4n) is 6.66. The van der Waals surface area contributed by atoms with Crippen LogP contribution in [0.4, 0.5) is 13.2 Å². The molecule has 8 nitrogen and oxygen atoms in total. The maximum Gasteiger partial charge on any atom is 0.259 e. The summed E-state index contributed by atoms with van der Waals surface area (Å²) in [6.45, 7) is 8.17. The summed E-state index contributed by atoms with van der Waals surface area (Å²) >= 11 is 0. The first-order valence-electron chi connectivity index (χ1n) is 17.6. The zero-order valence-electron chi connectivity index (χ0n) is 30.8. The molecule has 4 aromatic rings. The van der Waals surface area contributed by atoms with E-state index >= 15 is 4.39 Å². The first kappa shape index (κ1) is 40.2. The Hall–Kier alpha value is -4.01. The van der Waals surface area contributed by atoms with Crippen molar-refractivity contribution in [3.8, 4) is 17.6 Å². The van der Waals surface area contributed by atoms with Gasteiger partial charge in [0.25, 0.3) is 8.53 Å². The molecule has 4 atom stereocenters. The Labute approximate surface area is 311 Å². The number of methoxy groups -OCH3 is 2. The van der Waals surface area contributed by atoms with Crippen LogP contribution in [0.15, 0.2) is 91.0 Å². The SMILES string of the molecule is COc1ccc(C(OC[C@H]2O[C@@H](c3ccc(F)c(F)c3F)C[C@@H]2OP(OCCC#N)N(C(C)C)C(C)C)(c2ccccc2)c2ccc(OC)cc2)cc1. The summed E-state index contributed by atoms with van der Waals surface area (Å²) < 4.78 is 83.5. The summed E-state index contributed by atoms with van der Waals surface area (Å²) in [7, 11) is 1.45. The van der Waals surface area contributed by atoms with E-state index in [1.807, 2.05) is 107 Å². The number of benzene rings is 4. The minimum atomic E-state index is -1.75. The predicted octanol–water partition coefficient (Wildman–Crippen LogP) is 9.62. The van der Waals surface area contributed by atoms with Crippen molar-refractivity contribution >= 4 is 8.53 Å². The highest BCUT2D eigenvalue weighted by Crippen LogP contribution is 2.51. The number of nitrogens with zero attached hydrogens (tertiary/aromatic N) is 2. The zero-order valence-corrected chi connectivity index (χ0v) is 31.7. The van der Waals surface area contributed by atoms with E-state index in [-0.39, 0.29) is 43.7 Å². The van der Waals surface area contributed by atoms with Crippen LogP contribution in [0, 0.1) is 28.8 Å². The smallest absolute Gasteiger partial charge is 0.259 e. The van der Waals surface area contributed by atoms with Gasteiger partial charge in [-0.05, 0) is 74.7 Å². The first-order chi connectivity index (χ1) is 25.5. The Morgan fingerprint density at radius 2 is 1.38 bits per heavy atom. The van der Waals surface area contributed by atoms with E-state index in [1.54, 1.807) is 14.2 Å². The molecule has 282 valence electrons. The molecule has 1 unspecified atom stereocenters. The van der Waals surface area contributed by atoms with Crippen molar-refractivity contribution in [2.24, 2.45) is 0 Å². The lowest BCUT2D eigenvalue weighted by molar-refractivity contribution is -0.0810. The van der Waals surface area contributed by atoms with Gasteiger partial charge in [-0.3, -0.25) is 0 Å². The van der Waals surface area contributed by atoms with Crippen LogP contribution in [0.2, 0.25) is 0 Å². The topological polar surface area (TPSA) is 82.4 Å². The summed E-state index contributed by atoms with van der Waals surface area (Å²) in [6, 6.07) is 29.1. The fraction of sp³-hybridized carbons (Fsp3) is 0.390. The van der Waals surface area contributed by atoms with Crippen molar-refractivity contribution in [3.05, 3.63) is 131 Å². The molecular formula is C41H46F3N2O6P. The van der Waals surface area contributed by atoms with Gasteiger partial charge < -0.3 is 28.0 Å².